The Bertz CT molecular complexity index is 558. The molecule has 0 radical (unpaired) electrons. The zero-order chi connectivity index (χ0) is 11.5. The van der Waals surface area contributed by atoms with Gasteiger partial charge in [0, 0.05) is 24.2 Å². The van der Waals surface area contributed by atoms with E-state index >= 15 is 0 Å². The fourth-order valence-corrected chi connectivity index (χ4v) is 1.68. The molecule has 82 valence electrons. The maximum absolute atomic E-state index is 11.8. The number of pyridine rings is 2. The summed E-state index contributed by atoms with van der Waals surface area (Å²) in [6, 6.07) is 5.76. The van der Waals surface area contributed by atoms with E-state index in [1.54, 1.807) is 17.0 Å². The lowest BCUT2D eigenvalue weighted by molar-refractivity contribution is 0.749. The molecule has 0 saturated heterocycles. The van der Waals surface area contributed by atoms with Crippen molar-refractivity contribution in [2.75, 3.05) is 0 Å². The van der Waals surface area contributed by atoms with Gasteiger partial charge in [-0.05, 0) is 31.0 Å². The van der Waals surface area contributed by atoms with Gasteiger partial charge in [0.05, 0.1) is 6.54 Å². The first-order valence-electron chi connectivity index (χ1n) is 5.23. The summed E-state index contributed by atoms with van der Waals surface area (Å²) in [5.41, 5.74) is 2.98. The first-order chi connectivity index (χ1) is 7.66. The van der Waals surface area contributed by atoms with Crippen molar-refractivity contribution in [2.45, 2.75) is 20.4 Å². The summed E-state index contributed by atoms with van der Waals surface area (Å²) in [4.78, 5) is 15.9. The molecule has 3 nitrogen and oxygen atoms in total. The summed E-state index contributed by atoms with van der Waals surface area (Å²) in [6.07, 6.45) is 5.40. The van der Waals surface area contributed by atoms with Crippen LogP contribution in [0, 0.1) is 13.8 Å². The molecule has 0 aliphatic rings. The van der Waals surface area contributed by atoms with E-state index in [4.69, 9.17) is 0 Å². The lowest BCUT2D eigenvalue weighted by Gasteiger charge is -2.06. The van der Waals surface area contributed by atoms with Crippen molar-refractivity contribution in [3.05, 3.63) is 63.8 Å². The molecule has 0 aliphatic heterocycles. The van der Waals surface area contributed by atoms with E-state index in [1.165, 1.54) is 0 Å². The van der Waals surface area contributed by atoms with Gasteiger partial charge in [0.2, 0.25) is 0 Å². The van der Waals surface area contributed by atoms with Crippen LogP contribution < -0.4 is 5.56 Å². The number of hydrogen-bond donors (Lipinski definition) is 0. The summed E-state index contributed by atoms with van der Waals surface area (Å²) in [5, 5.41) is 0. The number of nitrogens with zero attached hydrogens (tertiary/aromatic N) is 2. The molecular weight excluding hydrogens is 200 g/mol. The Balaban J connectivity index is 2.34. The van der Waals surface area contributed by atoms with Crippen molar-refractivity contribution in [1.82, 2.24) is 9.55 Å². The molecule has 0 spiro atoms. The molecule has 0 atom stereocenters. The quantitative estimate of drug-likeness (QED) is 0.765. The minimum absolute atomic E-state index is 0.0593. The minimum Gasteiger partial charge on any atom is -0.311 e. The highest BCUT2D eigenvalue weighted by atomic mass is 16.1. The first kappa shape index (κ1) is 10.6. The van der Waals surface area contributed by atoms with Crippen LogP contribution in [0.3, 0.4) is 0 Å². The van der Waals surface area contributed by atoms with E-state index in [0.717, 1.165) is 16.7 Å². The fourth-order valence-electron chi connectivity index (χ4n) is 1.68. The second kappa shape index (κ2) is 4.31. The van der Waals surface area contributed by atoms with Crippen LogP contribution in [-0.2, 0) is 6.54 Å². The molecular formula is C13H14N2O. The van der Waals surface area contributed by atoms with Gasteiger partial charge < -0.3 is 4.57 Å². The first-order valence-corrected chi connectivity index (χ1v) is 5.23. The average molecular weight is 214 g/mol. The van der Waals surface area contributed by atoms with Gasteiger partial charge in [-0.25, -0.2) is 0 Å². The molecule has 0 N–H and O–H groups in total. The largest absolute Gasteiger partial charge is 0.311 e. The fraction of sp³-hybridized carbons (Fsp3) is 0.231. The number of aryl methyl sites for hydroxylation is 2. The Morgan fingerprint density at radius 1 is 1.31 bits per heavy atom. The maximum Gasteiger partial charge on any atom is 0.253 e. The predicted molar refractivity (Wildman–Crippen MR) is 63.5 cm³/mol. The van der Waals surface area contributed by atoms with Crippen LogP contribution in [0.4, 0.5) is 0 Å². The Morgan fingerprint density at radius 3 is 2.88 bits per heavy atom. The second-order valence-electron chi connectivity index (χ2n) is 3.99. The topological polar surface area (TPSA) is 34.9 Å². The van der Waals surface area contributed by atoms with Gasteiger partial charge in [0.25, 0.3) is 5.56 Å². The van der Waals surface area contributed by atoms with E-state index in [0.29, 0.717) is 6.54 Å². The van der Waals surface area contributed by atoms with Crippen LogP contribution >= 0.6 is 0 Å². The molecule has 0 fully saturated rings. The van der Waals surface area contributed by atoms with Gasteiger partial charge in [-0.15, -0.1) is 0 Å². The van der Waals surface area contributed by atoms with E-state index in [-0.39, 0.29) is 5.56 Å². The van der Waals surface area contributed by atoms with Gasteiger partial charge in [-0.1, -0.05) is 12.1 Å². The van der Waals surface area contributed by atoms with Crippen LogP contribution in [0.15, 0.2) is 41.6 Å². The monoisotopic (exact) mass is 214 g/mol. The molecule has 16 heavy (non-hydrogen) atoms. The highest BCUT2D eigenvalue weighted by molar-refractivity contribution is 5.18. The molecule has 0 bridgehead atoms. The smallest absolute Gasteiger partial charge is 0.253 e. The molecule has 0 aliphatic carbocycles. The van der Waals surface area contributed by atoms with E-state index in [9.17, 15) is 4.79 Å². The molecule has 0 amide bonds. The zero-order valence-electron chi connectivity index (χ0n) is 9.47. The number of hydrogen-bond acceptors (Lipinski definition) is 2. The molecule has 2 rings (SSSR count). The van der Waals surface area contributed by atoms with Crippen LogP contribution in [0.25, 0.3) is 0 Å². The second-order valence-corrected chi connectivity index (χ2v) is 3.99. The highest BCUT2D eigenvalue weighted by Gasteiger charge is 2.00. The SMILES string of the molecule is Cc1cncc(Cn2cccc(C)c2=O)c1. The Kier molecular flexibility index (Phi) is 2.86. The average Bonchev–Trinajstić information content (AvgIpc) is 2.25. The van der Waals surface area contributed by atoms with E-state index < -0.39 is 0 Å². The third-order valence-electron chi connectivity index (χ3n) is 2.49. The predicted octanol–water partition coefficient (Wildman–Crippen LogP) is 1.91. The van der Waals surface area contributed by atoms with Crippen molar-refractivity contribution in [2.24, 2.45) is 0 Å². The summed E-state index contributed by atoms with van der Waals surface area (Å²) in [7, 11) is 0. The third-order valence-corrected chi connectivity index (χ3v) is 2.49. The Morgan fingerprint density at radius 2 is 2.12 bits per heavy atom. The summed E-state index contributed by atoms with van der Waals surface area (Å²) in [5.74, 6) is 0. The van der Waals surface area contributed by atoms with Crippen molar-refractivity contribution >= 4 is 0 Å². The standard InChI is InChI=1S/C13H14N2O/c1-10-6-12(8-14-7-10)9-15-5-3-4-11(2)13(15)16/h3-8H,9H2,1-2H3. The highest BCUT2D eigenvalue weighted by Crippen LogP contribution is 2.03. The lowest BCUT2D eigenvalue weighted by atomic mass is 10.2. The van der Waals surface area contributed by atoms with E-state index in [2.05, 4.69) is 4.98 Å². The van der Waals surface area contributed by atoms with E-state index in [1.807, 2.05) is 38.2 Å². The molecule has 3 heteroatoms. The van der Waals surface area contributed by atoms with Crippen LogP contribution in [-0.4, -0.2) is 9.55 Å². The van der Waals surface area contributed by atoms with Crippen molar-refractivity contribution in [3.8, 4) is 0 Å². The van der Waals surface area contributed by atoms with Crippen molar-refractivity contribution in [3.63, 3.8) is 0 Å². The van der Waals surface area contributed by atoms with Crippen LogP contribution in [0.1, 0.15) is 16.7 Å². The summed E-state index contributed by atoms with van der Waals surface area (Å²) >= 11 is 0. The van der Waals surface area contributed by atoms with Gasteiger partial charge in [-0.2, -0.15) is 0 Å². The Labute approximate surface area is 94.4 Å². The van der Waals surface area contributed by atoms with Crippen LogP contribution in [0.2, 0.25) is 0 Å². The third kappa shape index (κ3) is 2.19. The van der Waals surface area contributed by atoms with Gasteiger partial charge in [0.1, 0.15) is 0 Å². The van der Waals surface area contributed by atoms with Crippen molar-refractivity contribution in [1.29, 1.82) is 0 Å². The summed E-state index contributed by atoms with van der Waals surface area (Å²) < 4.78 is 1.70. The van der Waals surface area contributed by atoms with Gasteiger partial charge in [0.15, 0.2) is 0 Å². The maximum atomic E-state index is 11.8. The molecule has 0 unspecified atom stereocenters. The molecule has 2 heterocycles. The Hall–Kier alpha value is -1.90. The van der Waals surface area contributed by atoms with Crippen molar-refractivity contribution < 1.29 is 0 Å². The molecule has 2 aromatic heterocycles. The molecule has 0 saturated carbocycles. The number of aromatic nitrogens is 2. The minimum atomic E-state index is 0.0593. The lowest BCUT2D eigenvalue weighted by Crippen LogP contribution is -2.21. The molecule has 2 aromatic rings. The van der Waals surface area contributed by atoms with Gasteiger partial charge in [-0.3, -0.25) is 9.78 Å². The summed E-state index contributed by atoms with van der Waals surface area (Å²) in [6.45, 7) is 4.40. The zero-order valence-corrected chi connectivity index (χ0v) is 9.47. The number of rotatable bonds is 2. The van der Waals surface area contributed by atoms with Gasteiger partial charge >= 0.3 is 0 Å². The normalized spacial score (nSPS) is 10.4. The molecule has 0 aromatic carbocycles. The van der Waals surface area contributed by atoms with Crippen LogP contribution in [0.5, 0.6) is 0 Å².